The van der Waals surface area contributed by atoms with Crippen LogP contribution in [0.25, 0.3) is 0 Å². The van der Waals surface area contributed by atoms with Gasteiger partial charge in [0.15, 0.2) is 0 Å². The van der Waals surface area contributed by atoms with Crippen molar-refractivity contribution in [2.75, 3.05) is 19.8 Å². The molecule has 3 nitrogen and oxygen atoms in total. The molecule has 0 bridgehead atoms. The van der Waals surface area contributed by atoms with Gasteiger partial charge in [-0.05, 0) is 45.4 Å². The molecule has 3 heteroatoms. The van der Waals surface area contributed by atoms with E-state index in [1.807, 2.05) is 0 Å². The van der Waals surface area contributed by atoms with E-state index in [0.29, 0.717) is 6.04 Å². The first-order chi connectivity index (χ1) is 7.70. The average Bonchev–Trinajstić information content (AvgIpc) is 3.07. The Labute approximate surface area is 99.6 Å². The molecular formula is C13H27NO2. The van der Waals surface area contributed by atoms with Gasteiger partial charge in [-0.2, -0.15) is 0 Å². The Balaban J connectivity index is 2.03. The van der Waals surface area contributed by atoms with Gasteiger partial charge in [-0.1, -0.05) is 6.92 Å². The molecule has 1 fully saturated rings. The SMILES string of the molecule is CCCOCCCCC(C)(CO)NC1CC1. The topological polar surface area (TPSA) is 41.5 Å². The lowest BCUT2D eigenvalue weighted by atomic mass is 9.95. The van der Waals surface area contributed by atoms with Gasteiger partial charge in [0.1, 0.15) is 0 Å². The lowest BCUT2D eigenvalue weighted by Crippen LogP contribution is -2.46. The number of aliphatic hydroxyl groups is 1. The number of hydrogen-bond acceptors (Lipinski definition) is 3. The molecule has 2 N–H and O–H groups in total. The van der Waals surface area contributed by atoms with E-state index >= 15 is 0 Å². The molecule has 1 saturated carbocycles. The van der Waals surface area contributed by atoms with Gasteiger partial charge in [0.2, 0.25) is 0 Å². The fourth-order valence-corrected chi connectivity index (χ4v) is 1.88. The zero-order valence-electron chi connectivity index (χ0n) is 10.8. The van der Waals surface area contributed by atoms with Crippen LogP contribution in [-0.2, 0) is 4.74 Å². The van der Waals surface area contributed by atoms with Crippen LogP contribution in [0.2, 0.25) is 0 Å². The summed E-state index contributed by atoms with van der Waals surface area (Å²) in [5.74, 6) is 0. The third kappa shape index (κ3) is 5.83. The number of ether oxygens (including phenoxy) is 1. The van der Waals surface area contributed by atoms with Crippen LogP contribution in [0.1, 0.15) is 52.4 Å². The maximum Gasteiger partial charge on any atom is 0.0610 e. The quantitative estimate of drug-likeness (QED) is 0.564. The molecule has 0 saturated heterocycles. The third-order valence-electron chi connectivity index (χ3n) is 3.09. The first-order valence-electron chi connectivity index (χ1n) is 6.66. The maximum atomic E-state index is 9.41. The van der Waals surface area contributed by atoms with Gasteiger partial charge in [0, 0.05) is 24.8 Å². The zero-order chi connectivity index (χ0) is 11.9. The Bertz CT molecular complexity index is 183. The Kier molecular flexibility index (Phi) is 6.32. The van der Waals surface area contributed by atoms with E-state index in [4.69, 9.17) is 4.74 Å². The second-order valence-electron chi connectivity index (χ2n) is 5.21. The van der Waals surface area contributed by atoms with Gasteiger partial charge in [-0.25, -0.2) is 0 Å². The molecule has 0 radical (unpaired) electrons. The maximum absolute atomic E-state index is 9.41. The Morgan fingerprint density at radius 3 is 2.62 bits per heavy atom. The van der Waals surface area contributed by atoms with Crippen molar-refractivity contribution in [3.63, 3.8) is 0 Å². The molecule has 0 spiro atoms. The molecule has 1 aliphatic rings. The lowest BCUT2D eigenvalue weighted by molar-refractivity contribution is 0.122. The highest BCUT2D eigenvalue weighted by molar-refractivity contribution is 4.92. The molecule has 1 aliphatic carbocycles. The van der Waals surface area contributed by atoms with Gasteiger partial charge in [-0.3, -0.25) is 0 Å². The molecule has 1 rings (SSSR count). The summed E-state index contributed by atoms with van der Waals surface area (Å²) in [7, 11) is 0. The second kappa shape index (κ2) is 7.25. The lowest BCUT2D eigenvalue weighted by Gasteiger charge is -2.29. The predicted molar refractivity (Wildman–Crippen MR) is 66.6 cm³/mol. The molecule has 0 aliphatic heterocycles. The van der Waals surface area contributed by atoms with Crippen LogP contribution in [0.4, 0.5) is 0 Å². The van der Waals surface area contributed by atoms with Gasteiger partial charge in [0.05, 0.1) is 6.61 Å². The van der Waals surface area contributed by atoms with Crippen LogP contribution in [0, 0.1) is 0 Å². The predicted octanol–water partition coefficient (Wildman–Crippen LogP) is 2.09. The van der Waals surface area contributed by atoms with Crippen LogP contribution in [0.5, 0.6) is 0 Å². The van der Waals surface area contributed by atoms with Crippen LogP contribution in [-0.4, -0.2) is 36.5 Å². The van der Waals surface area contributed by atoms with Crippen LogP contribution >= 0.6 is 0 Å². The van der Waals surface area contributed by atoms with Crippen molar-refractivity contribution < 1.29 is 9.84 Å². The summed E-state index contributed by atoms with van der Waals surface area (Å²) in [6, 6.07) is 0.661. The molecule has 0 aromatic carbocycles. The van der Waals surface area contributed by atoms with Crippen LogP contribution in [0.3, 0.4) is 0 Å². The molecule has 16 heavy (non-hydrogen) atoms. The molecule has 96 valence electrons. The van der Waals surface area contributed by atoms with Crippen LogP contribution in [0.15, 0.2) is 0 Å². The first kappa shape index (κ1) is 13.9. The van der Waals surface area contributed by atoms with Crippen molar-refractivity contribution in [1.82, 2.24) is 5.32 Å². The highest BCUT2D eigenvalue weighted by atomic mass is 16.5. The number of hydrogen-bond donors (Lipinski definition) is 2. The standard InChI is InChI=1S/C13H27NO2/c1-3-9-16-10-5-4-8-13(2,11-15)14-12-6-7-12/h12,14-15H,3-11H2,1-2H3. The summed E-state index contributed by atoms with van der Waals surface area (Å²) in [6.45, 7) is 6.22. The third-order valence-corrected chi connectivity index (χ3v) is 3.09. The summed E-state index contributed by atoms with van der Waals surface area (Å²) >= 11 is 0. The molecule has 0 amide bonds. The smallest absolute Gasteiger partial charge is 0.0610 e. The average molecular weight is 229 g/mol. The minimum absolute atomic E-state index is 0.0775. The van der Waals surface area contributed by atoms with E-state index in [-0.39, 0.29) is 12.1 Å². The van der Waals surface area contributed by atoms with Crippen molar-refractivity contribution in [2.24, 2.45) is 0 Å². The van der Waals surface area contributed by atoms with E-state index in [2.05, 4.69) is 19.2 Å². The van der Waals surface area contributed by atoms with Crippen molar-refractivity contribution >= 4 is 0 Å². The van der Waals surface area contributed by atoms with E-state index in [1.54, 1.807) is 0 Å². The number of rotatable bonds is 10. The summed E-state index contributed by atoms with van der Waals surface area (Å²) in [5.41, 5.74) is -0.0775. The Hall–Kier alpha value is -0.120. The van der Waals surface area contributed by atoms with E-state index < -0.39 is 0 Å². The van der Waals surface area contributed by atoms with Gasteiger partial charge >= 0.3 is 0 Å². The van der Waals surface area contributed by atoms with Crippen molar-refractivity contribution in [3.8, 4) is 0 Å². The number of unbranched alkanes of at least 4 members (excludes halogenated alkanes) is 1. The fraction of sp³-hybridized carbons (Fsp3) is 1.00. The van der Waals surface area contributed by atoms with Gasteiger partial charge in [-0.15, -0.1) is 0 Å². The molecule has 0 aromatic rings. The number of nitrogens with one attached hydrogen (secondary N) is 1. The fourth-order valence-electron chi connectivity index (χ4n) is 1.88. The van der Waals surface area contributed by atoms with E-state index in [1.165, 1.54) is 12.8 Å². The molecule has 1 unspecified atom stereocenters. The zero-order valence-corrected chi connectivity index (χ0v) is 10.8. The minimum atomic E-state index is -0.0775. The van der Waals surface area contributed by atoms with Crippen LogP contribution < -0.4 is 5.32 Å². The second-order valence-corrected chi connectivity index (χ2v) is 5.21. The van der Waals surface area contributed by atoms with Crippen molar-refractivity contribution in [3.05, 3.63) is 0 Å². The van der Waals surface area contributed by atoms with E-state index in [9.17, 15) is 5.11 Å². The van der Waals surface area contributed by atoms with Crippen molar-refractivity contribution in [1.29, 1.82) is 0 Å². The first-order valence-corrected chi connectivity index (χ1v) is 6.66. The molecule has 1 atom stereocenters. The highest BCUT2D eigenvalue weighted by Crippen LogP contribution is 2.24. The highest BCUT2D eigenvalue weighted by Gasteiger charge is 2.31. The summed E-state index contributed by atoms with van der Waals surface area (Å²) in [6.07, 6.45) is 6.90. The molecule has 0 aromatic heterocycles. The van der Waals surface area contributed by atoms with Gasteiger partial charge in [0.25, 0.3) is 0 Å². The summed E-state index contributed by atoms with van der Waals surface area (Å²) < 4.78 is 5.44. The number of aliphatic hydroxyl groups excluding tert-OH is 1. The Morgan fingerprint density at radius 2 is 2.06 bits per heavy atom. The monoisotopic (exact) mass is 229 g/mol. The van der Waals surface area contributed by atoms with Gasteiger partial charge < -0.3 is 15.2 Å². The Morgan fingerprint density at radius 1 is 1.31 bits per heavy atom. The largest absolute Gasteiger partial charge is 0.394 e. The minimum Gasteiger partial charge on any atom is -0.394 e. The summed E-state index contributed by atoms with van der Waals surface area (Å²) in [4.78, 5) is 0. The van der Waals surface area contributed by atoms with E-state index in [0.717, 1.165) is 38.9 Å². The van der Waals surface area contributed by atoms with Crippen molar-refractivity contribution in [2.45, 2.75) is 64.0 Å². The molecule has 0 heterocycles. The molecular weight excluding hydrogens is 202 g/mol. The summed E-state index contributed by atoms with van der Waals surface area (Å²) in [5, 5.41) is 12.9. The normalized spacial score (nSPS) is 19.7.